The predicted molar refractivity (Wildman–Crippen MR) is 70.1 cm³/mol. The van der Waals surface area contributed by atoms with Crippen LogP contribution in [0.25, 0.3) is 0 Å². The van der Waals surface area contributed by atoms with E-state index in [0.29, 0.717) is 5.56 Å². The maximum Gasteiger partial charge on any atom is 0.173 e. The van der Waals surface area contributed by atoms with Gasteiger partial charge in [0.2, 0.25) is 0 Å². The van der Waals surface area contributed by atoms with Gasteiger partial charge in [0.25, 0.3) is 0 Å². The van der Waals surface area contributed by atoms with Crippen LogP contribution in [0.5, 0.6) is 11.5 Å². The molecule has 0 saturated heterocycles. The topological polar surface area (TPSA) is 67.8 Å². The van der Waals surface area contributed by atoms with Crippen LogP contribution in [0.1, 0.15) is 11.1 Å². The Labute approximate surface area is 114 Å². The van der Waals surface area contributed by atoms with E-state index in [0.717, 1.165) is 17.7 Å². The van der Waals surface area contributed by atoms with Gasteiger partial charge in [0.1, 0.15) is 11.5 Å². The van der Waals surface area contributed by atoms with E-state index in [1.54, 1.807) is 18.2 Å². The van der Waals surface area contributed by atoms with Crippen LogP contribution in [0.2, 0.25) is 0 Å². The molecule has 3 N–H and O–H groups in total. The van der Waals surface area contributed by atoms with E-state index >= 15 is 0 Å². The molecular weight excluding hydrogens is 266 g/mol. The Morgan fingerprint density at radius 3 is 2.55 bits per heavy atom. The summed E-state index contributed by atoms with van der Waals surface area (Å²) in [5, 5.41) is 11.6. The number of benzene rings is 2. The molecule has 2 rings (SSSR count). The van der Waals surface area contributed by atoms with Crippen LogP contribution in [0.15, 0.2) is 41.6 Å². The average molecular weight is 278 g/mol. The van der Waals surface area contributed by atoms with E-state index in [1.807, 2.05) is 6.92 Å². The number of hydrogen-bond donors (Lipinski definition) is 2. The minimum Gasteiger partial charge on any atom is -0.456 e. The first-order chi connectivity index (χ1) is 9.51. The molecular formula is C14H12F2N2O2. The smallest absolute Gasteiger partial charge is 0.173 e. The molecule has 0 aliphatic rings. The van der Waals surface area contributed by atoms with Crippen molar-refractivity contribution >= 4 is 5.84 Å². The van der Waals surface area contributed by atoms with Crippen molar-refractivity contribution in [3.8, 4) is 11.5 Å². The summed E-state index contributed by atoms with van der Waals surface area (Å²) in [4.78, 5) is 0. The highest BCUT2D eigenvalue weighted by Crippen LogP contribution is 2.27. The molecule has 0 amide bonds. The molecule has 0 aliphatic carbocycles. The van der Waals surface area contributed by atoms with Crippen LogP contribution in [0, 0.1) is 18.6 Å². The van der Waals surface area contributed by atoms with Crippen molar-refractivity contribution in [2.75, 3.05) is 0 Å². The lowest BCUT2D eigenvalue weighted by Crippen LogP contribution is -2.14. The lowest BCUT2D eigenvalue weighted by molar-refractivity contribution is 0.318. The predicted octanol–water partition coefficient (Wildman–Crippen LogP) is 3.16. The van der Waals surface area contributed by atoms with Gasteiger partial charge >= 0.3 is 0 Å². The molecule has 0 spiro atoms. The molecule has 0 aromatic heterocycles. The van der Waals surface area contributed by atoms with Crippen LogP contribution in [-0.2, 0) is 0 Å². The number of hydrogen-bond acceptors (Lipinski definition) is 3. The number of ether oxygens (including phenoxy) is 1. The second-order valence-corrected chi connectivity index (χ2v) is 4.16. The fraction of sp³-hybridized carbons (Fsp3) is 0.0714. The molecule has 20 heavy (non-hydrogen) atoms. The van der Waals surface area contributed by atoms with Gasteiger partial charge in [-0.05, 0) is 36.8 Å². The summed E-state index contributed by atoms with van der Waals surface area (Å²) in [6, 6.07) is 8.19. The van der Waals surface area contributed by atoms with Gasteiger partial charge in [-0.2, -0.15) is 0 Å². The van der Waals surface area contributed by atoms with Gasteiger partial charge in [-0.25, -0.2) is 8.78 Å². The first-order valence-electron chi connectivity index (χ1n) is 5.72. The third-order valence-electron chi connectivity index (χ3n) is 2.64. The van der Waals surface area contributed by atoms with Crippen molar-refractivity contribution in [3.63, 3.8) is 0 Å². The fourth-order valence-corrected chi connectivity index (χ4v) is 1.65. The minimum absolute atomic E-state index is 0.112. The number of amidine groups is 1. The van der Waals surface area contributed by atoms with Gasteiger partial charge < -0.3 is 15.7 Å². The summed E-state index contributed by atoms with van der Waals surface area (Å²) in [7, 11) is 0. The highest BCUT2D eigenvalue weighted by atomic mass is 19.2. The summed E-state index contributed by atoms with van der Waals surface area (Å²) in [6.45, 7) is 1.83. The number of oxime groups is 1. The van der Waals surface area contributed by atoms with Crippen LogP contribution in [0.4, 0.5) is 8.78 Å². The van der Waals surface area contributed by atoms with Crippen molar-refractivity contribution in [3.05, 3.63) is 59.2 Å². The fourth-order valence-electron chi connectivity index (χ4n) is 1.65. The monoisotopic (exact) mass is 278 g/mol. The van der Waals surface area contributed by atoms with E-state index in [1.165, 1.54) is 6.07 Å². The third-order valence-corrected chi connectivity index (χ3v) is 2.64. The summed E-state index contributed by atoms with van der Waals surface area (Å²) in [5.74, 6) is -1.71. The minimum atomic E-state index is -1.01. The Bertz CT molecular complexity index is 672. The van der Waals surface area contributed by atoms with Crippen molar-refractivity contribution in [2.24, 2.45) is 10.9 Å². The Hall–Kier alpha value is -2.63. The third kappa shape index (κ3) is 2.85. The summed E-state index contributed by atoms with van der Waals surface area (Å²) in [5.41, 5.74) is 6.76. The first kappa shape index (κ1) is 13.8. The maximum atomic E-state index is 13.1. The second-order valence-electron chi connectivity index (χ2n) is 4.16. The molecule has 0 atom stereocenters. The Morgan fingerprint density at radius 2 is 1.90 bits per heavy atom. The molecule has 0 aliphatic heterocycles. The molecule has 0 fully saturated rings. The second kappa shape index (κ2) is 5.56. The van der Waals surface area contributed by atoms with E-state index in [4.69, 9.17) is 15.7 Å². The molecule has 0 bridgehead atoms. The van der Waals surface area contributed by atoms with E-state index in [9.17, 15) is 8.78 Å². The lowest BCUT2D eigenvalue weighted by Gasteiger charge is -2.11. The molecule has 0 unspecified atom stereocenters. The standard InChI is InChI=1S/C14H12F2N2O2/c1-8-2-4-10(14(17)18-19)13(6-8)20-9-3-5-11(15)12(16)7-9/h2-7,19H,1H3,(H2,17,18). The number of nitrogens with zero attached hydrogens (tertiary/aromatic N) is 1. The molecule has 4 nitrogen and oxygen atoms in total. The SMILES string of the molecule is Cc1ccc(C(N)=NO)c(Oc2ccc(F)c(F)c2)c1. The summed E-state index contributed by atoms with van der Waals surface area (Å²) < 4.78 is 31.5. The molecule has 2 aromatic rings. The zero-order valence-corrected chi connectivity index (χ0v) is 10.6. The van der Waals surface area contributed by atoms with E-state index in [2.05, 4.69) is 5.16 Å². The van der Waals surface area contributed by atoms with Crippen LogP contribution in [-0.4, -0.2) is 11.0 Å². The molecule has 104 valence electrons. The normalized spacial score (nSPS) is 11.4. The molecule has 2 aromatic carbocycles. The van der Waals surface area contributed by atoms with Gasteiger partial charge in [0.05, 0.1) is 5.56 Å². The zero-order valence-electron chi connectivity index (χ0n) is 10.6. The van der Waals surface area contributed by atoms with Crippen molar-refractivity contribution in [1.82, 2.24) is 0 Å². The van der Waals surface area contributed by atoms with Crippen LogP contribution < -0.4 is 10.5 Å². The van der Waals surface area contributed by atoms with Gasteiger partial charge in [-0.3, -0.25) is 0 Å². The Balaban J connectivity index is 2.41. The molecule has 0 saturated carbocycles. The van der Waals surface area contributed by atoms with Gasteiger partial charge in [0.15, 0.2) is 17.5 Å². The molecule has 0 radical (unpaired) electrons. The maximum absolute atomic E-state index is 13.1. The zero-order chi connectivity index (χ0) is 14.7. The van der Waals surface area contributed by atoms with Crippen molar-refractivity contribution in [1.29, 1.82) is 0 Å². The van der Waals surface area contributed by atoms with Crippen molar-refractivity contribution in [2.45, 2.75) is 6.92 Å². The molecule has 6 heteroatoms. The van der Waals surface area contributed by atoms with Gasteiger partial charge in [0, 0.05) is 6.07 Å². The largest absolute Gasteiger partial charge is 0.456 e. The highest BCUT2D eigenvalue weighted by molar-refractivity contribution is 5.99. The summed E-state index contributed by atoms with van der Waals surface area (Å²) >= 11 is 0. The number of rotatable bonds is 3. The van der Waals surface area contributed by atoms with Crippen LogP contribution in [0.3, 0.4) is 0 Å². The number of halogens is 2. The Morgan fingerprint density at radius 1 is 1.15 bits per heavy atom. The summed E-state index contributed by atoms with van der Waals surface area (Å²) in [6.07, 6.45) is 0. The number of aryl methyl sites for hydroxylation is 1. The lowest BCUT2D eigenvalue weighted by atomic mass is 10.1. The van der Waals surface area contributed by atoms with Gasteiger partial charge in [-0.15, -0.1) is 0 Å². The first-order valence-corrected chi connectivity index (χ1v) is 5.72. The van der Waals surface area contributed by atoms with Crippen molar-refractivity contribution < 1.29 is 18.7 Å². The average Bonchev–Trinajstić information content (AvgIpc) is 2.42. The van der Waals surface area contributed by atoms with Crippen LogP contribution >= 0.6 is 0 Å². The Kier molecular flexibility index (Phi) is 3.84. The van der Waals surface area contributed by atoms with E-state index < -0.39 is 11.6 Å². The number of nitrogens with two attached hydrogens (primary N) is 1. The van der Waals surface area contributed by atoms with Gasteiger partial charge in [-0.1, -0.05) is 11.2 Å². The molecule has 0 heterocycles. The quantitative estimate of drug-likeness (QED) is 0.392. The van der Waals surface area contributed by atoms with E-state index in [-0.39, 0.29) is 17.3 Å². The highest BCUT2D eigenvalue weighted by Gasteiger charge is 2.11.